The Balaban J connectivity index is 2.78. The average molecular weight is 289 g/mol. The summed E-state index contributed by atoms with van der Waals surface area (Å²) in [6.07, 6.45) is 2.52. The number of carbonyl (C=O) groups is 2. The van der Waals surface area contributed by atoms with Gasteiger partial charge in [-0.2, -0.15) is 0 Å². The molecule has 4 heteroatoms. The van der Waals surface area contributed by atoms with Crippen molar-refractivity contribution in [1.29, 1.82) is 0 Å². The second-order valence-electron chi connectivity index (χ2n) is 6.06. The summed E-state index contributed by atoms with van der Waals surface area (Å²) >= 11 is 0. The smallest absolute Gasteiger partial charge is 0.326 e. The molecule has 2 N–H and O–H groups in total. The zero-order valence-corrected chi connectivity index (χ0v) is 12.8. The molecule has 0 aliphatic rings. The van der Waals surface area contributed by atoms with Crippen LogP contribution in [0.4, 0.5) is 0 Å². The van der Waals surface area contributed by atoms with Crippen LogP contribution in [-0.2, 0) is 10.2 Å². The lowest BCUT2D eigenvalue weighted by Gasteiger charge is -2.19. The van der Waals surface area contributed by atoms with Gasteiger partial charge in [0.15, 0.2) is 0 Å². The molecule has 0 spiro atoms. The predicted octanol–water partition coefficient (Wildman–Crippen LogP) is 3.13. The fourth-order valence-electron chi connectivity index (χ4n) is 1.91. The van der Waals surface area contributed by atoms with Crippen molar-refractivity contribution < 1.29 is 14.7 Å². The first-order valence-corrected chi connectivity index (χ1v) is 7.01. The summed E-state index contributed by atoms with van der Waals surface area (Å²) < 4.78 is 0. The van der Waals surface area contributed by atoms with Crippen LogP contribution in [0.1, 0.15) is 49.5 Å². The molecule has 21 heavy (non-hydrogen) atoms. The van der Waals surface area contributed by atoms with Gasteiger partial charge in [0.2, 0.25) is 0 Å². The Morgan fingerprint density at radius 3 is 2.29 bits per heavy atom. The Kier molecular flexibility index (Phi) is 5.70. The molecule has 4 nitrogen and oxygen atoms in total. The van der Waals surface area contributed by atoms with Crippen LogP contribution in [0.25, 0.3) is 0 Å². The molecular formula is C17H23NO3. The number of allylic oxidation sites excluding steroid dienone is 1. The number of benzene rings is 1. The summed E-state index contributed by atoms with van der Waals surface area (Å²) in [7, 11) is 0. The Bertz CT molecular complexity index is 512. The fourth-order valence-corrected chi connectivity index (χ4v) is 1.91. The van der Waals surface area contributed by atoms with Gasteiger partial charge >= 0.3 is 5.97 Å². The van der Waals surface area contributed by atoms with E-state index in [2.05, 4.69) is 32.7 Å². The Hall–Kier alpha value is -2.10. The number of hydrogen-bond donors (Lipinski definition) is 2. The van der Waals surface area contributed by atoms with Gasteiger partial charge in [0, 0.05) is 5.56 Å². The molecule has 0 saturated carbocycles. The minimum Gasteiger partial charge on any atom is -0.480 e. The molecular weight excluding hydrogens is 266 g/mol. The van der Waals surface area contributed by atoms with E-state index in [9.17, 15) is 9.59 Å². The van der Waals surface area contributed by atoms with E-state index in [0.717, 1.165) is 5.56 Å². The summed E-state index contributed by atoms with van der Waals surface area (Å²) in [6, 6.07) is 6.35. The Morgan fingerprint density at radius 2 is 1.86 bits per heavy atom. The van der Waals surface area contributed by atoms with Gasteiger partial charge in [-0.15, -0.1) is 6.58 Å². The lowest BCUT2D eigenvalue weighted by Crippen LogP contribution is -2.40. The summed E-state index contributed by atoms with van der Waals surface area (Å²) in [5.41, 5.74) is 1.61. The van der Waals surface area contributed by atoms with Crippen molar-refractivity contribution in [3.63, 3.8) is 0 Å². The predicted molar refractivity (Wildman–Crippen MR) is 83.5 cm³/mol. The lowest BCUT2D eigenvalue weighted by atomic mass is 9.86. The van der Waals surface area contributed by atoms with Crippen LogP contribution in [0.15, 0.2) is 36.9 Å². The summed E-state index contributed by atoms with van der Waals surface area (Å²) in [6.45, 7) is 9.84. The Labute approximate surface area is 125 Å². The van der Waals surface area contributed by atoms with Crippen LogP contribution in [0.2, 0.25) is 0 Å². The number of amides is 1. The Morgan fingerprint density at radius 1 is 1.29 bits per heavy atom. The minimum absolute atomic E-state index is 0.0164. The largest absolute Gasteiger partial charge is 0.480 e. The number of rotatable bonds is 6. The molecule has 1 atom stereocenters. The van der Waals surface area contributed by atoms with Gasteiger partial charge in [-0.3, -0.25) is 4.79 Å². The van der Waals surface area contributed by atoms with Gasteiger partial charge in [-0.1, -0.05) is 39.0 Å². The van der Waals surface area contributed by atoms with Gasteiger partial charge in [-0.05, 0) is 36.0 Å². The van der Waals surface area contributed by atoms with Crippen molar-refractivity contribution in [2.45, 2.75) is 45.1 Å². The standard InChI is InChI=1S/C17H23NO3/c1-5-6-7-14(16(20)21)18-15(19)12-8-10-13(11-9-12)17(2,3)4/h5,8-11,14H,1,6-7H2,2-4H3,(H,18,19)(H,20,21)/t14-/m0/s1. The zero-order valence-electron chi connectivity index (χ0n) is 12.8. The molecule has 1 aromatic carbocycles. The molecule has 114 valence electrons. The fraction of sp³-hybridized carbons (Fsp3) is 0.412. The summed E-state index contributed by atoms with van der Waals surface area (Å²) in [4.78, 5) is 23.2. The first-order valence-electron chi connectivity index (χ1n) is 7.01. The van der Waals surface area contributed by atoms with E-state index in [1.807, 2.05) is 12.1 Å². The number of carboxylic acid groups (broad SMARTS) is 1. The number of hydrogen-bond acceptors (Lipinski definition) is 2. The molecule has 0 aliphatic heterocycles. The van der Waals surface area contributed by atoms with E-state index in [4.69, 9.17) is 5.11 Å². The maximum Gasteiger partial charge on any atom is 0.326 e. The zero-order chi connectivity index (χ0) is 16.0. The van der Waals surface area contributed by atoms with Crippen LogP contribution in [0, 0.1) is 0 Å². The van der Waals surface area contributed by atoms with E-state index in [1.54, 1.807) is 18.2 Å². The summed E-state index contributed by atoms with van der Waals surface area (Å²) in [5.74, 6) is -1.40. The molecule has 1 aromatic rings. The van der Waals surface area contributed by atoms with Crippen LogP contribution >= 0.6 is 0 Å². The van der Waals surface area contributed by atoms with Gasteiger partial charge < -0.3 is 10.4 Å². The molecule has 0 saturated heterocycles. The molecule has 0 radical (unpaired) electrons. The monoisotopic (exact) mass is 289 g/mol. The highest BCUT2D eigenvalue weighted by atomic mass is 16.4. The highest BCUT2D eigenvalue weighted by Gasteiger charge is 2.20. The highest BCUT2D eigenvalue weighted by molar-refractivity contribution is 5.96. The third-order valence-corrected chi connectivity index (χ3v) is 3.28. The minimum atomic E-state index is -1.03. The van der Waals surface area contributed by atoms with E-state index in [-0.39, 0.29) is 11.3 Å². The molecule has 0 aliphatic carbocycles. The molecule has 0 heterocycles. The van der Waals surface area contributed by atoms with E-state index in [0.29, 0.717) is 18.4 Å². The number of nitrogens with one attached hydrogen (secondary N) is 1. The van der Waals surface area contributed by atoms with Crippen LogP contribution in [0.5, 0.6) is 0 Å². The maximum atomic E-state index is 12.1. The van der Waals surface area contributed by atoms with Crippen molar-refractivity contribution >= 4 is 11.9 Å². The quantitative estimate of drug-likeness (QED) is 0.791. The molecule has 0 aromatic heterocycles. The van der Waals surface area contributed by atoms with Crippen LogP contribution in [-0.4, -0.2) is 23.0 Å². The van der Waals surface area contributed by atoms with Crippen molar-refractivity contribution in [2.75, 3.05) is 0 Å². The first kappa shape index (κ1) is 17.0. The van der Waals surface area contributed by atoms with E-state index in [1.165, 1.54) is 0 Å². The van der Waals surface area contributed by atoms with Crippen molar-refractivity contribution in [3.05, 3.63) is 48.0 Å². The van der Waals surface area contributed by atoms with Crippen molar-refractivity contribution in [2.24, 2.45) is 0 Å². The molecule has 0 bridgehead atoms. The second kappa shape index (κ2) is 7.07. The van der Waals surface area contributed by atoms with E-state index < -0.39 is 12.0 Å². The topological polar surface area (TPSA) is 66.4 Å². The van der Waals surface area contributed by atoms with Gasteiger partial charge in [0.25, 0.3) is 5.91 Å². The van der Waals surface area contributed by atoms with Gasteiger partial charge in [-0.25, -0.2) is 4.79 Å². The molecule has 1 rings (SSSR count). The average Bonchev–Trinajstić information content (AvgIpc) is 2.42. The SMILES string of the molecule is C=CCC[C@H](NC(=O)c1ccc(C(C)(C)C)cc1)C(=O)O. The van der Waals surface area contributed by atoms with E-state index >= 15 is 0 Å². The first-order chi connectivity index (χ1) is 9.75. The number of carboxylic acids is 1. The molecule has 0 fully saturated rings. The third kappa shape index (κ3) is 5.06. The molecule has 1 amide bonds. The normalized spacial score (nSPS) is 12.5. The van der Waals surface area contributed by atoms with Gasteiger partial charge in [0.05, 0.1) is 0 Å². The maximum absolute atomic E-state index is 12.1. The van der Waals surface area contributed by atoms with Crippen molar-refractivity contribution in [3.8, 4) is 0 Å². The second-order valence-corrected chi connectivity index (χ2v) is 6.06. The summed E-state index contributed by atoms with van der Waals surface area (Å²) in [5, 5.41) is 11.6. The van der Waals surface area contributed by atoms with Gasteiger partial charge in [0.1, 0.15) is 6.04 Å². The molecule has 0 unspecified atom stereocenters. The lowest BCUT2D eigenvalue weighted by molar-refractivity contribution is -0.139. The number of aliphatic carboxylic acids is 1. The van der Waals surface area contributed by atoms with Crippen LogP contribution in [0.3, 0.4) is 0 Å². The van der Waals surface area contributed by atoms with Crippen LogP contribution < -0.4 is 5.32 Å². The number of carbonyl (C=O) groups excluding carboxylic acids is 1. The highest BCUT2D eigenvalue weighted by Crippen LogP contribution is 2.22. The van der Waals surface area contributed by atoms with Crippen molar-refractivity contribution in [1.82, 2.24) is 5.32 Å². The third-order valence-electron chi connectivity index (χ3n) is 3.28.